The number of rotatable bonds is 2. The van der Waals surface area contributed by atoms with E-state index in [1.165, 1.54) is 18.2 Å². The summed E-state index contributed by atoms with van der Waals surface area (Å²) in [4.78, 5) is 4.20. The Morgan fingerprint density at radius 1 is 0.857 bits per heavy atom. The Labute approximate surface area is 129 Å². The second kappa shape index (κ2) is 5.27. The van der Waals surface area contributed by atoms with Crippen molar-refractivity contribution in [3.05, 3.63) is 46.4 Å². The Kier molecular flexibility index (Phi) is 3.45. The van der Waals surface area contributed by atoms with Crippen molar-refractivity contribution >= 4 is 23.2 Å². The molecular formula is C14H8Cl2N2O3. The molecule has 0 aliphatic rings. The van der Waals surface area contributed by atoms with Gasteiger partial charge in [-0.05, 0) is 30.3 Å². The summed E-state index contributed by atoms with van der Waals surface area (Å²) in [5, 5.41) is 23.6. The minimum atomic E-state index is -0.0979. The minimum absolute atomic E-state index is 0.0979. The molecular weight excluding hydrogens is 315 g/mol. The molecule has 1 heterocycles. The fraction of sp³-hybridized carbons (Fsp3) is 0. The fourth-order valence-electron chi connectivity index (χ4n) is 1.81. The van der Waals surface area contributed by atoms with Crippen LogP contribution in [0.4, 0.5) is 0 Å². The van der Waals surface area contributed by atoms with E-state index in [2.05, 4.69) is 10.1 Å². The summed E-state index contributed by atoms with van der Waals surface area (Å²) < 4.78 is 5.13. The van der Waals surface area contributed by atoms with Crippen LogP contribution in [0.1, 0.15) is 0 Å². The Morgan fingerprint density at radius 2 is 1.57 bits per heavy atom. The molecule has 0 atom stereocenters. The smallest absolute Gasteiger partial charge is 0.258 e. The predicted molar refractivity (Wildman–Crippen MR) is 78.5 cm³/mol. The van der Waals surface area contributed by atoms with Crippen molar-refractivity contribution in [1.82, 2.24) is 10.1 Å². The van der Waals surface area contributed by atoms with Gasteiger partial charge in [0.25, 0.3) is 5.89 Å². The van der Waals surface area contributed by atoms with Crippen molar-refractivity contribution in [2.75, 3.05) is 0 Å². The van der Waals surface area contributed by atoms with Crippen LogP contribution in [0.2, 0.25) is 10.0 Å². The third kappa shape index (κ3) is 2.79. The highest BCUT2D eigenvalue weighted by atomic mass is 35.5. The topological polar surface area (TPSA) is 79.4 Å². The summed E-state index contributed by atoms with van der Waals surface area (Å²) in [6.45, 7) is 0. The zero-order valence-electron chi connectivity index (χ0n) is 10.4. The van der Waals surface area contributed by atoms with E-state index in [1.807, 2.05) is 0 Å². The number of nitrogens with zero attached hydrogens (tertiary/aromatic N) is 2. The second-order valence-corrected chi connectivity index (χ2v) is 5.10. The van der Waals surface area contributed by atoms with Crippen LogP contribution in [-0.4, -0.2) is 20.4 Å². The highest BCUT2D eigenvalue weighted by Gasteiger charge is 2.13. The first-order valence-electron chi connectivity index (χ1n) is 5.85. The van der Waals surface area contributed by atoms with Gasteiger partial charge in [-0.15, -0.1) is 0 Å². The number of hydrogen-bond donors (Lipinski definition) is 2. The number of hydrogen-bond acceptors (Lipinski definition) is 5. The molecule has 0 radical (unpaired) electrons. The Balaban J connectivity index is 2.01. The van der Waals surface area contributed by atoms with Gasteiger partial charge in [-0.2, -0.15) is 4.98 Å². The van der Waals surface area contributed by atoms with Crippen molar-refractivity contribution in [1.29, 1.82) is 0 Å². The Hall–Kier alpha value is -2.24. The van der Waals surface area contributed by atoms with Crippen LogP contribution in [0.5, 0.6) is 11.5 Å². The van der Waals surface area contributed by atoms with E-state index in [-0.39, 0.29) is 17.4 Å². The molecule has 0 spiro atoms. The van der Waals surface area contributed by atoms with E-state index in [1.54, 1.807) is 18.2 Å². The number of benzene rings is 2. The van der Waals surface area contributed by atoms with Crippen LogP contribution in [-0.2, 0) is 0 Å². The maximum Gasteiger partial charge on any atom is 0.258 e. The van der Waals surface area contributed by atoms with Gasteiger partial charge in [-0.3, -0.25) is 0 Å². The van der Waals surface area contributed by atoms with Gasteiger partial charge < -0.3 is 14.7 Å². The lowest BCUT2D eigenvalue weighted by Crippen LogP contribution is -1.82. The van der Waals surface area contributed by atoms with Crippen molar-refractivity contribution < 1.29 is 14.7 Å². The number of aromatic nitrogens is 2. The summed E-state index contributed by atoms with van der Waals surface area (Å²) in [5.41, 5.74) is 1.05. The molecule has 7 heteroatoms. The van der Waals surface area contributed by atoms with E-state index in [9.17, 15) is 10.2 Å². The summed E-state index contributed by atoms with van der Waals surface area (Å²) in [6.07, 6.45) is 0. The Bertz CT molecular complexity index is 797. The minimum Gasteiger partial charge on any atom is -0.508 e. The van der Waals surface area contributed by atoms with Crippen LogP contribution in [0.15, 0.2) is 40.9 Å². The highest BCUT2D eigenvalue weighted by Crippen LogP contribution is 2.30. The van der Waals surface area contributed by atoms with Gasteiger partial charge in [0, 0.05) is 17.2 Å². The van der Waals surface area contributed by atoms with Gasteiger partial charge in [0.2, 0.25) is 5.82 Å². The third-order valence-corrected chi connectivity index (χ3v) is 3.49. The summed E-state index contributed by atoms with van der Waals surface area (Å²) in [5.74, 6) is 0.298. The van der Waals surface area contributed by atoms with Gasteiger partial charge in [-0.1, -0.05) is 28.4 Å². The first kappa shape index (κ1) is 13.7. The van der Waals surface area contributed by atoms with E-state index in [0.29, 0.717) is 27.0 Å². The van der Waals surface area contributed by atoms with Gasteiger partial charge in [0.15, 0.2) is 0 Å². The van der Waals surface area contributed by atoms with Crippen LogP contribution < -0.4 is 0 Å². The molecule has 21 heavy (non-hydrogen) atoms. The highest BCUT2D eigenvalue weighted by molar-refractivity contribution is 6.42. The average Bonchev–Trinajstić information content (AvgIpc) is 2.90. The fourth-order valence-corrected chi connectivity index (χ4v) is 2.11. The molecule has 0 saturated heterocycles. The van der Waals surface area contributed by atoms with Crippen molar-refractivity contribution in [3.63, 3.8) is 0 Å². The molecule has 3 rings (SSSR count). The second-order valence-electron chi connectivity index (χ2n) is 4.29. The van der Waals surface area contributed by atoms with Crippen molar-refractivity contribution in [2.24, 2.45) is 0 Å². The third-order valence-electron chi connectivity index (χ3n) is 2.75. The number of aromatic hydroxyl groups is 2. The summed E-state index contributed by atoms with van der Waals surface area (Å²) in [6, 6.07) is 8.99. The quantitative estimate of drug-likeness (QED) is 0.741. The van der Waals surface area contributed by atoms with Gasteiger partial charge in [0.05, 0.1) is 10.0 Å². The average molecular weight is 323 g/mol. The SMILES string of the molecule is Oc1cc(O)cc(-c2nc(-c3ccc(Cl)c(Cl)c3)no2)c1. The van der Waals surface area contributed by atoms with Gasteiger partial charge in [0.1, 0.15) is 11.5 Å². The molecule has 3 aromatic rings. The zero-order chi connectivity index (χ0) is 15.0. The monoisotopic (exact) mass is 322 g/mol. The first-order chi connectivity index (χ1) is 10.0. The van der Waals surface area contributed by atoms with Crippen molar-refractivity contribution in [2.45, 2.75) is 0 Å². The lowest BCUT2D eigenvalue weighted by atomic mass is 10.2. The Morgan fingerprint density at radius 3 is 2.24 bits per heavy atom. The van der Waals surface area contributed by atoms with E-state index >= 15 is 0 Å². The molecule has 5 nitrogen and oxygen atoms in total. The van der Waals surface area contributed by atoms with E-state index in [0.717, 1.165) is 0 Å². The zero-order valence-corrected chi connectivity index (χ0v) is 11.9. The molecule has 0 aliphatic heterocycles. The largest absolute Gasteiger partial charge is 0.508 e. The van der Waals surface area contributed by atoms with Crippen LogP contribution >= 0.6 is 23.2 Å². The summed E-state index contributed by atoms with van der Waals surface area (Å²) >= 11 is 11.8. The maximum absolute atomic E-state index is 9.46. The predicted octanol–water partition coefficient (Wildman–Crippen LogP) is 4.12. The van der Waals surface area contributed by atoms with E-state index < -0.39 is 0 Å². The molecule has 2 N–H and O–H groups in total. The molecule has 0 unspecified atom stereocenters. The number of phenols is 2. The lowest BCUT2D eigenvalue weighted by molar-refractivity contribution is 0.428. The molecule has 106 valence electrons. The molecule has 0 aliphatic carbocycles. The summed E-state index contributed by atoms with van der Waals surface area (Å²) in [7, 11) is 0. The van der Waals surface area contributed by atoms with Crippen molar-refractivity contribution in [3.8, 4) is 34.3 Å². The molecule has 0 bridgehead atoms. The molecule has 2 aromatic carbocycles. The molecule has 0 amide bonds. The normalized spacial score (nSPS) is 10.8. The number of halogens is 2. The van der Waals surface area contributed by atoms with Crippen LogP contribution in [0.25, 0.3) is 22.8 Å². The van der Waals surface area contributed by atoms with Crippen LogP contribution in [0.3, 0.4) is 0 Å². The molecule has 0 saturated carbocycles. The standard InChI is InChI=1S/C14H8Cl2N2O3/c15-11-2-1-7(5-12(11)16)13-17-14(21-18-13)8-3-9(19)6-10(20)4-8/h1-6,19-20H. The molecule has 0 fully saturated rings. The lowest BCUT2D eigenvalue weighted by Gasteiger charge is -1.98. The number of phenolic OH excluding ortho intramolecular Hbond substituents is 2. The van der Waals surface area contributed by atoms with Gasteiger partial charge in [-0.25, -0.2) is 0 Å². The first-order valence-corrected chi connectivity index (χ1v) is 6.61. The molecule has 1 aromatic heterocycles. The van der Waals surface area contributed by atoms with E-state index in [4.69, 9.17) is 27.7 Å². The maximum atomic E-state index is 9.46. The van der Waals surface area contributed by atoms with Gasteiger partial charge >= 0.3 is 0 Å². The van der Waals surface area contributed by atoms with Crippen LogP contribution in [0, 0.1) is 0 Å².